The molecule has 1 saturated heterocycles. The van der Waals surface area contributed by atoms with Crippen LogP contribution in [0.4, 0.5) is 8.78 Å². The Balaban J connectivity index is 2.63. The van der Waals surface area contributed by atoms with Gasteiger partial charge in [0, 0.05) is 11.6 Å². The van der Waals surface area contributed by atoms with Gasteiger partial charge >= 0.3 is 0 Å². The third-order valence-electron chi connectivity index (χ3n) is 3.49. The van der Waals surface area contributed by atoms with Crippen molar-refractivity contribution in [1.29, 1.82) is 0 Å². The van der Waals surface area contributed by atoms with Gasteiger partial charge in [0.2, 0.25) is 0 Å². The molecular weight excluding hydrogens is 240 g/mol. The molecule has 0 radical (unpaired) electrons. The molecule has 2 rings (SSSR count). The molecule has 0 bridgehead atoms. The van der Waals surface area contributed by atoms with Crippen molar-refractivity contribution in [3.05, 3.63) is 23.3 Å². The Kier molecular flexibility index (Phi) is 3.43. The van der Waals surface area contributed by atoms with Gasteiger partial charge in [-0.05, 0) is 26.3 Å². The van der Waals surface area contributed by atoms with Crippen LogP contribution in [-0.4, -0.2) is 20.8 Å². The van der Waals surface area contributed by atoms with Gasteiger partial charge in [-0.1, -0.05) is 0 Å². The monoisotopic (exact) mass is 257 g/mol. The predicted molar refractivity (Wildman–Crippen MR) is 64.1 cm³/mol. The van der Waals surface area contributed by atoms with Crippen molar-refractivity contribution >= 4 is 0 Å². The zero-order valence-corrected chi connectivity index (χ0v) is 10.8. The molecule has 1 fully saturated rings. The van der Waals surface area contributed by atoms with Crippen LogP contribution in [0.15, 0.2) is 6.07 Å². The molecule has 0 spiro atoms. The van der Waals surface area contributed by atoms with Crippen LogP contribution in [0.1, 0.15) is 25.3 Å². The first-order chi connectivity index (χ1) is 8.53. The maximum absolute atomic E-state index is 14.3. The lowest BCUT2D eigenvalue weighted by atomic mass is 9.89. The second kappa shape index (κ2) is 4.72. The Morgan fingerprint density at radius 2 is 1.72 bits per heavy atom. The Labute approximate surface area is 105 Å². The molecule has 0 aliphatic carbocycles. The van der Waals surface area contributed by atoms with Gasteiger partial charge in [0.05, 0.1) is 19.8 Å². The molecule has 1 aliphatic rings. The third-order valence-corrected chi connectivity index (χ3v) is 3.49. The standard InChI is InChI=1S/C13H17F2NO2/c1-13(5-4-6-16-13)10-11(14)8(17-2)7-9(18-3)12(10)15/h7,16H,4-6H2,1-3H3. The van der Waals surface area contributed by atoms with E-state index in [0.29, 0.717) is 6.42 Å². The number of halogens is 2. The summed E-state index contributed by atoms with van der Waals surface area (Å²) in [6, 6.07) is 1.23. The van der Waals surface area contributed by atoms with Gasteiger partial charge in [0.1, 0.15) is 0 Å². The summed E-state index contributed by atoms with van der Waals surface area (Å²) < 4.78 is 38.4. The van der Waals surface area contributed by atoms with Crippen molar-refractivity contribution < 1.29 is 18.3 Å². The molecular formula is C13H17F2NO2. The van der Waals surface area contributed by atoms with E-state index in [-0.39, 0.29) is 17.1 Å². The van der Waals surface area contributed by atoms with Gasteiger partial charge in [-0.25, -0.2) is 8.78 Å². The van der Waals surface area contributed by atoms with Gasteiger partial charge in [-0.3, -0.25) is 0 Å². The minimum atomic E-state index is -0.712. The molecule has 1 unspecified atom stereocenters. The minimum absolute atomic E-state index is 0.00169. The average Bonchev–Trinajstić information content (AvgIpc) is 2.77. The highest BCUT2D eigenvalue weighted by atomic mass is 19.1. The van der Waals surface area contributed by atoms with Crippen LogP contribution in [0.5, 0.6) is 11.5 Å². The highest BCUT2D eigenvalue weighted by Gasteiger charge is 2.38. The van der Waals surface area contributed by atoms with E-state index in [4.69, 9.17) is 9.47 Å². The van der Waals surface area contributed by atoms with Crippen molar-refractivity contribution in [3.8, 4) is 11.5 Å². The lowest BCUT2D eigenvalue weighted by Crippen LogP contribution is -2.35. The van der Waals surface area contributed by atoms with E-state index in [1.165, 1.54) is 20.3 Å². The number of methoxy groups -OCH3 is 2. The van der Waals surface area contributed by atoms with Crippen molar-refractivity contribution in [3.63, 3.8) is 0 Å². The Morgan fingerprint density at radius 1 is 1.17 bits per heavy atom. The van der Waals surface area contributed by atoms with E-state index in [2.05, 4.69) is 5.32 Å². The molecule has 1 heterocycles. The lowest BCUT2D eigenvalue weighted by molar-refractivity contribution is 0.326. The largest absolute Gasteiger partial charge is 0.494 e. The van der Waals surface area contributed by atoms with E-state index in [1.54, 1.807) is 6.92 Å². The fourth-order valence-corrected chi connectivity index (χ4v) is 2.48. The van der Waals surface area contributed by atoms with E-state index in [0.717, 1.165) is 13.0 Å². The average molecular weight is 257 g/mol. The molecule has 1 atom stereocenters. The number of hydrogen-bond donors (Lipinski definition) is 1. The lowest BCUT2D eigenvalue weighted by Gasteiger charge is -2.27. The van der Waals surface area contributed by atoms with E-state index in [1.807, 2.05) is 0 Å². The van der Waals surface area contributed by atoms with Gasteiger partial charge in [-0.2, -0.15) is 0 Å². The van der Waals surface area contributed by atoms with Crippen LogP contribution in [0, 0.1) is 11.6 Å². The summed E-state index contributed by atoms with van der Waals surface area (Å²) in [6.45, 7) is 2.54. The summed E-state index contributed by atoms with van der Waals surface area (Å²) in [4.78, 5) is 0. The molecule has 1 aromatic rings. The zero-order valence-electron chi connectivity index (χ0n) is 10.8. The van der Waals surface area contributed by atoms with Gasteiger partial charge in [0.25, 0.3) is 0 Å². The summed E-state index contributed by atoms with van der Waals surface area (Å²) in [7, 11) is 2.70. The highest BCUT2D eigenvalue weighted by molar-refractivity contribution is 5.45. The summed E-state index contributed by atoms with van der Waals surface area (Å²) in [5, 5.41) is 3.14. The van der Waals surface area contributed by atoms with Crippen molar-refractivity contribution in [2.45, 2.75) is 25.3 Å². The van der Waals surface area contributed by atoms with Crippen molar-refractivity contribution in [2.24, 2.45) is 0 Å². The van der Waals surface area contributed by atoms with Gasteiger partial charge in [0.15, 0.2) is 23.1 Å². The molecule has 1 N–H and O–H groups in total. The number of benzene rings is 1. The van der Waals surface area contributed by atoms with Gasteiger partial charge < -0.3 is 14.8 Å². The van der Waals surface area contributed by atoms with Crippen LogP contribution >= 0.6 is 0 Å². The maximum Gasteiger partial charge on any atom is 0.173 e. The summed E-state index contributed by atoms with van der Waals surface area (Å²) in [6.07, 6.45) is 1.56. The second-order valence-electron chi connectivity index (χ2n) is 4.65. The fourth-order valence-electron chi connectivity index (χ4n) is 2.48. The van der Waals surface area contributed by atoms with Gasteiger partial charge in [-0.15, -0.1) is 0 Å². The van der Waals surface area contributed by atoms with Crippen LogP contribution in [0.2, 0.25) is 0 Å². The first-order valence-corrected chi connectivity index (χ1v) is 5.89. The molecule has 0 saturated carbocycles. The second-order valence-corrected chi connectivity index (χ2v) is 4.65. The van der Waals surface area contributed by atoms with Crippen molar-refractivity contribution in [1.82, 2.24) is 5.32 Å². The minimum Gasteiger partial charge on any atom is -0.494 e. The predicted octanol–water partition coefficient (Wildman–Crippen LogP) is 2.58. The number of rotatable bonds is 3. The number of ether oxygens (including phenoxy) is 2. The molecule has 1 aliphatic heterocycles. The molecule has 5 heteroatoms. The maximum atomic E-state index is 14.3. The number of nitrogens with one attached hydrogen (secondary N) is 1. The van der Waals surface area contributed by atoms with Crippen molar-refractivity contribution in [2.75, 3.05) is 20.8 Å². The smallest absolute Gasteiger partial charge is 0.173 e. The third kappa shape index (κ3) is 1.92. The number of hydrogen-bond acceptors (Lipinski definition) is 3. The Morgan fingerprint density at radius 3 is 2.11 bits per heavy atom. The molecule has 3 nitrogen and oxygen atoms in total. The molecule has 0 amide bonds. The summed E-state index contributed by atoms with van der Waals surface area (Å²) in [5.41, 5.74) is -0.716. The van der Waals surface area contributed by atoms with Crippen LogP contribution in [0.3, 0.4) is 0 Å². The molecule has 18 heavy (non-hydrogen) atoms. The Bertz CT molecular complexity index is 429. The Hall–Kier alpha value is -1.36. The summed E-state index contributed by atoms with van der Waals surface area (Å²) in [5.74, 6) is -1.32. The molecule has 1 aromatic carbocycles. The SMILES string of the molecule is COc1cc(OC)c(F)c(C2(C)CCCN2)c1F. The topological polar surface area (TPSA) is 30.5 Å². The van der Waals surface area contributed by atoms with Crippen LogP contribution < -0.4 is 14.8 Å². The normalized spacial score (nSPS) is 23.2. The van der Waals surface area contributed by atoms with Crippen LogP contribution in [-0.2, 0) is 5.54 Å². The summed E-state index contributed by atoms with van der Waals surface area (Å²) >= 11 is 0. The van der Waals surface area contributed by atoms with E-state index < -0.39 is 17.2 Å². The van der Waals surface area contributed by atoms with Crippen LogP contribution in [0.25, 0.3) is 0 Å². The first kappa shape index (κ1) is 13.1. The fraction of sp³-hybridized carbons (Fsp3) is 0.538. The molecule has 100 valence electrons. The molecule has 0 aromatic heterocycles. The van der Waals surface area contributed by atoms with E-state index >= 15 is 0 Å². The quantitative estimate of drug-likeness (QED) is 0.902. The zero-order chi connectivity index (χ0) is 13.3. The first-order valence-electron chi connectivity index (χ1n) is 5.89. The van der Waals surface area contributed by atoms with E-state index in [9.17, 15) is 8.78 Å². The highest BCUT2D eigenvalue weighted by Crippen LogP contribution is 2.40.